The van der Waals surface area contributed by atoms with Crippen LogP contribution in [0.3, 0.4) is 0 Å². The molecule has 0 saturated carbocycles. The van der Waals surface area contributed by atoms with E-state index in [4.69, 9.17) is 4.74 Å². The second-order valence-electron chi connectivity index (χ2n) is 5.77. The molecule has 2 aliphatic heterocycles. The Kier molecular flexibility index (Phi) is 3.74. The van der Waals surface area contributed by atoms with Crippen molar-refractivity contribution < 1.29 is 19.4 Å². The van der Waals surface area contributed by atoms with Crippen molar-refractivity contribution in [3.05, 3.63) is 41.5 Å². The summed E-state index contributed by atoms with van der Waals surface area (Å²) in [5.74, 6) is -3.24. The van der Waals surface area contributed by atoms with Gasteiger partial charge in [-0.1, -0.05) is 37.3 Å². The first-order chi connectivity index (χ1) is 10.5. The van der Waals surface area contributed by atoms with Gasteiger partial charge < -0.3 is 20.0 Å². The highest BCUT2D eigenvalue weighted by molar-refractivity contribution is 5.97. The molecule has 2 heterocycles. The van der Waals surface area contributed by atoms with Gasteiger partial charge >= 0.3 is 0 Å². The number of rotatable bonds is 4. The number of para-hydroxylation sites is 1. The van der Waals surface area contributed by atoms with Crippen molar-refractivity contribution in [2.24, 2.45) is 11.8 Å². The van der Waals surface area contributed by atoms with Gasteiger partial charge in [0.05, 0.1) is 18.1 Å². The Labute approximate surface area is 129 Å². The molecule has 0 unspecified atom stereocenters. The van der Waals surface area contributed by atoms with Gasteiger partial charge in [-0.05, 0) is 24.5 Å². The third-order valence-electron chi connectivity index (χ3n) is 4.46. The molecule has 1 fully saturated rings. The highest BCUT2D eigenvalue weighted by atomic mass is 16.5. The summed E-state index contributed by atoms with van der Waals surface area (Å²) in [6.07, 6.45) is 3.19. The monoisotopic (exact) mass is 300 g/mol. The molecule has 1 amide bonds. The van der Waals surface area contributed by atoms with Gasteiger partial charge in [0.2, 0.25) is 5.91 Å². The highest BCUT2D eigenvalue weighted by Gasteiger charge is 2.50. The molecule has 5 nitrogen and oxygen atoms in total. The zero-order valence-corrected chi connectivity index (χ0v) is 12.5. The summed E-state index contributed by atoms with van der Waals surface area (Å²) >= 11 is 0. The average Bonchev–Trinajstić information content (AvgIpc) is 3.09. The molecular formula is C17H18NO4-. The average molecular weight is 300 g/mol. The van der Waals surface area contributed by atoms with Crippen LogP contribution in [0.4, 0.5) is 5.69 Å². The third kappa shape index (κ3) is 2.31. The van der Waals surface area contributed by atoms with Crippen LogP contribution in [0.1, 0.15) is 18.1 Å². The van der Waals surface area contributed by atoms with Crippen LogP contribution in [0.15, 0.2) is 30.4 Å². The Morgan fingerprint density at radius 1 is 1.23 bits per heavy atom. The number of benzene rings is 1. The molecule has 2 aliphatic rings. The number of ether oxygens (including phenoxy) is 1. The SMILES string of the molecule is CCc1cccc(C)c1NC(=O)[C@H]1[C@@H](C(=O)[O-])[C@H]2C=C[C@@H]1O2. The minimum absolute atomic E-state index is 0.324. The maximum Gasteiger partial charge on any atom is 0.231 e. The summed E-state index contributed by atoms with van der Waals surface area (Å²) in [7, 11) is 0. The predicted molar refractivity (Wildman–Crippen MR) is 79.0 cm³/mol. The molecule has 4 atom stereocenters. The van der Waals surface area contributed by atoms with Crippen molar-refractivity contribution in [3.63, 3.8) is 0 Å². The Bertz CT molecular complexity index is 652. The fourth-order valence-electron chi connectivity index (χ4n) is 3.31. The molecule has 1 N–H and O–H groups in total. The lowest BCUT2D eigenvalue weighted by molar-refractivity contribution is -0.313. The van der Waals surface area contributed by atoms with E-state index in [2.05, 4.69) is 5.32 Å². The summed E-state index contributed by atoms with van der Waals surface area (Å²) in [6.45, 7) is 3.93. The highest BCUT2D eigenvalue weighted by Crippen LogP contribution is 2.39. The lowest BCUT2D eigenvalue weighted by Crippen LogP contribution is -2.45. The van der Waals surface area contributed by atoms with Crippen LogP contribution in [0.5, 0.6) is 0 Å². The zero-order chi connectivity index (χ0) is 15.9. The molecule has 0 spiro atoms. The van der Waals surface area contributed by atoms with E-state index in [9.17, 15) is 14.7 Å². The Hall–Kier alpha value is -2.14. The van der Waals surface area contributed by atoms with Crippen LogP contribution in [0, 0.1) is 18.8 Å². The minimum Gasteiger partial charge on any atom is -0.550 e. The quantitative estimate of drug-likeness (QED) is 0.835. The molecule has 2 bridgehead atoms. The molecular weight excluding hydrogens is 282 g/mol. The Morgan fingerprint density at radius 3 is 2.55 bits per heavy atom. The normalized spacial score (nSPS) is 28.8. The number of hydrogen-bond donors (Lipinski definition) is 1. The van der Waals surface area contributed by atoms with Gasteiger partial charge in [0.25, 0.3) is 0 Å². The van der Waals surface area contributed by atoms with E-state index < -0.39 is 30.0 Å². The van der Waals surface area contributed by atoms with E-state index >= 15 is 0 Å². The number of anilines is 1. The maximum absolute atomic E-state index is 12.6. The van der Waals surface area contributed by atoms with Gasteiger partial charge in [0.15, 0.2) is 0 Å². The number of carboxylic acid groups (broad SMARTS) is 1. The van der Waals surface area contributed by atoms with E-state index in [0.717, 1.165) is 23.2 Å². The second-order valence-corrected chi connectivity index (χ2v) is 5.77. The molecule has 0 radical (unpaired) electrons. The molecule has 1 aromatic rings. The summed E-state index contributed by atoms with van der Waals surface area (Å²) in [5.41, 5.74) is 2.74. The fourth-order valence-corrected chi connectivity index (χ4v) is 3.31. The van der Waals surface area contributed by atoms with Crippen LogP contribution >= 0.6 is 0 Å². The number of carbonyl (C=O) groups is 2. The molecule has 0 aliphatic carbocycles. The summed E-state index contributed by atoms with van der Waals surface area (Å²) < 4.78 is 5.51. The largest absolute Gasteiger partial charge is 0.550 e. The standard InChI is InChI=1S/C17H19NO4/c1-3-10-6-4-5-9(2)15(10)18-16(19)13-11-7-8-12(22-11)14(13)17(20)21/h4-8,11-14H,3H2,1-2H3,(H,18,19)(H,20,21)/p-1/t11-,12+,13+,14-/m0/s1. The van der Waals surface area contributed by atoms with Crippen LogP contribution in [-0.4, -0.2) is 24.1 Å². The molecule has 22 heavy (non-hydrogen) atoms. The van der Waals surface area contributed by atoms with E-state index in [-0.39, 0.29) is 5.91 Å². The number of aliphatic carboxylic acids is 1. The number of amides is 1. The zero-order valence-electron chi connectivity index (χ0n) is 12.5. The summed E-state index contributed by atoms with van der Waals surface area (Å²) in [4.78, 5) is 24.0. The third-order valence-corrected chi connectivity index (χ3v) is 4.46. The van der Waals surface area contributed by atoms with E-state index in [1.165, 1.54) is 0 Å². The van der Waals surface area contributed by atoms with Crippen molar-refractivity contribution in [3.8, 4) is 0 Å². The van der Waals surface area contributed by atoms with Gasteiger partial charge in [0, 0.05) is 17.6 Å². The number of carboxylic acids is 1. The predicted octanol–water partition coefficient (Wildman–Crippen LogP) is 0.815. The molecule has 3 rings (SSSR count). The molecule has 0 aromatic heterocycles. The smallest absolute Gasteiger partial charge is 0.231 e. The van der Waals surface area contributed by atoms with Gasteiger partial charge in [-0.3, -0.25) is 4.79 Å². The van der Waals surface area contributed by atoms with Crippen molar-refractivity contribution >= 4 is 17.6 Å². The van der Waals surface area contributed by atoms with Gasteiger partial charge in [-0.2, -0.15) is 0 Å². The number of hydrogen-bond acceptors (Lipinski definition) is 4. The van der Waals surface area contributed by atoms with Crippen LogP contribution < -0.4 is 10.4 Å². The second kappa shape index (κ2) is 5.57. The van der Waals surface area contributed by atoms with Gasteiger partial charge in [0.1, 0.15) is 0 Å². The molecule has 1 aromatic carbocycles. The lowest BCUT2D eigenvalue weighted by Gasteiger charge is -2.25. The van der Waals surface area contributed by atoms with Crippen molar-refractivity contribution in [1.29, 1.82) is 0 Å². The summed E-state index contributed by atoms with van der Waals surface area (Å²) in [6, 6.07) is 5.81. The first-order valence-electron chi connectivity index (χ1n) is 7.47. The Morgan fingerprint density at radius 2 is 1.91 bits per heavy atom. The van der Waals surface area contributed by atoms with E-state index in [1.807, 2.05) is 32.0 Å². The number of aryl methyl sites for hydroxylation is 2. The maximum atomic E-state index is 12.6. The van der Waals surface area contributed by atoms with Crippen LogP contribution in [-0.2, 0) is 20.7 Å². The van der Waals surface area contributed by atoms with Crippen molar-refractivity contribution in [2.45, 2.75) is 32.5 Å². The minimum atomic E-state index is -1.24. The van der Waals surface area contributed by atoms with Crippen molar-refractivity contribution in [2.75, 3.05) is 5.32 Å². The lowest BCUT2D eigenvalue weighted by atomic mass is 9.82. The number of nitrogens with one attached hydrogen (secondary N) is 1. The first kappa shape index (κ1) is 14.8. The molecule has 1 saturated heterocycles. The fraction of sp³-hybridized carbons (Fsp3) is 0.412. The van der Waals surface area contributed by atoms with E-state index in [1.54, 1.807) is 12.2 Å². The molecule has 116 valence electrons. The van der Waals surface area contributed by atoms with E-state index in [0.29, 0.717) is 0 Å². The Balaban J connectivity index is 1.86. The topological polar surface area (TPSA) is 78.5 Å². The van der Waals surface area contributed by atoms with Crippen LogP contribution in [0.2, 0.25) is 0 Å². The first-order valence-corrected chi connectivity index (χ1v) is 7.47. The van der Waals surface area contributed by atoms with Crippen molar-refractivity contribution in [1.82, 2.24) is 0 Å². The number of carbonyl (C=O) groups excluding carboxylic acids is 2. The van der Waals surface area contributed by atoms with Gasteiger partial charge in [-0.15, -0.1) is 0 Å². The summed E-state index contributed by atoms with van der Waals surface area (Å²) in [5, 5.41) is 14.2. The number of fused-ring (bicyclic) bond motifs is 2. The van der Waals surface area contributed by atoms with Gasteiger partial charge in [-0.25, -0.2) is 0 Å². The van der Waals surface area contributed by atoms with Crippen LogP contribution in [0.25, 0.3) is 0 Å². The molecule has 5 heteroatoms.